The first-order chi connectivity index (χ1) is 10.3. The van der Waals surface area contributed by atoms with Gasteiger partial charge in [0.2, 0.25) is 10.0 Å². The molecule has 1 aromatic carbocycles. The SMILES string of the molecule is COc1ccc(S(=O)(=O)NC(C)Cc2cc(C)[nH]n2)cc1Cl. The summed E-state index contributed by atoms with van der Waals surface area (Å²) in [5, 5.41) is 7.18. The van der Waals surface area contributed by atoms with Crippen LogP contribution in [0.3, 0.4) is 0 Å². The number of halogens is 1. The Hall–Kier alpha value is -1.57. The van der Waals surface area contributed by atoms with Crippen molar-refractivity contribution >= 4 is 21.6 Å². The zero-order valence-electron chi connectivity index (χ0n) is 12.6. The molecule has 2 rings (SSSR count). The van der Waals surface area contributed by atoms with Crippen molar-refractivity contribution in [1.82, 2.24) is 14.9 Å². The predicted octanol–water partition coefficient (Wildman–Crippen LogP) is 2.29. The zero-order chi connectivity index (χ0) is 16.3. The third kappa shape index (κ3) is 4.00. The minimum atomic E-state index is -3.65. The van der Waals surface area contributed by atoms with Gasteiger partial charge in [0, 0.05) is 18.2 Å². The lowest BCUT2D eigenvalue weighted by Crippen LogP contribution is -2.34. The molecule has 0 bridgehead atoms. The average Bonchev–Trinajstić information content (AvgIpc) is 2.83. The van der Waals surface area contributed by atoms with Gasteiger partial charge in [0.1, 0.15) is 5.75 Å². The first kappa shape index (κ1) is 16.8. The smallest absolute Gasteiger partial charge is 0.240 e. The molecule has 1 aromatic heterocycles. The average molecular weight is 344 g/mol. The highest BCUT2D eigenvalue weighted by Gasteiger charge is 2.19. The van der Waals surface area contributed by atoms with E-state index < -0.39 is 10.0 Å². The molecule has 0 spiro atoms. The van der Waals surface area contributed by atoms with Gasteiger partial charge < -0.3 is 4.74 Å². The summed E-state index contributed by atoms with van der Waals surface area (Å²) in [6.07, 6.45) is 0.494. The summed E-state index contributed by atoms with van der Waals surface area (Å²) in [6.45, 7) is 3.68. The van der Waals surface area contributed by atoms with Crippen LogP contribution < -0.4 is 9.46 Å². The van der Waals surface area contributed by atoms with Crippen LogP contribution in [0.15, 0.2) is 29.2 Å². The van der Waals surface area contributed by atoms with E-state index in [0.717, 1.165) is 11.4 Å². The maximum atomic E-state index is 12.4. The van der Waals surface area contributed by atoms with Crippen molar-refractivity contribution in [3.8, 4) is 5.75 Å². The van der Waals surface area contributed by atoms with Crippen LogP contribution in [-0.4, -0.2) is 31.8 Å². The molecule has 1 atom stereocenters. The molecular weight excluding hydrogens is 326 g/mol. The van der Waals surface area contributed by atoms with E-state index in [1.54, 1.807) is 6.92 Å². The number of nitrogens with one attached hydrogen (secondary N) is 2. The summed E-state index contributed by atoms with van der Waals surface area (Å²) in [5.74, 6) is 0.431. The minimum Gasteiger partial charge on any atom is -0.495 e. The molecule has 2 aromatic rings. The van der Waals surface area contributed by atoms with E-state index in [1.165, 1.54) is 25.3 Å². The molecule has 0 saturated heterocycles. The molecule has 6 nitrogen and oxygen atoms in total. The molecule has 0 saturated carbocycles. The molecule has 8 heteroatoms. The van der Waals surface area contributed by atoms with Gasteiger partial charge in [-0.3, -0.25) is 5.10 Å². The summed E-state index contributed by atoms with van der Waals surface area (Å²) in [6, 6.07) is 5.94. The maximum absolute atomic E-state index is 12.4. The van der Waals surface area contributed by atoms with Gasteiger partial charge in [0.25, 0.3) is 0 Å². The summed E-state index contributed by atoms with van der Waals surface area (Å²) in [7, 11) is -2.17. The Morgan fingerprint density at radius 1 is 1.41 bits per heavy atom. The van der Waals surface area contributed by atoms with Crippen LogP contribution in [0, 0.1) is 6.92 Å². The Labute approximate surface area is 134 Å². The molecule has 1 heterocycles. The summed E-state index contributed by atoms with van der Waals surface area (Å²) >= 11 is 5.97. The van der Waals surface area contributed by atoms with Crippen LogP contribution >= 0.6 is 11.6 Å². The fourth-order valence-corrected chi connectivity index (χ4v) is 3.67. The van der Waals surface area contributed by atoms with Crippen molar-refractivity contribution in [2.45, 2.75) is 31.2 Å². The Morgan fingerprint density at radius 3 is 2.68 bits per heavy atom. The Kier molecular flexibility index (Phi) is 5.10. The Bertz CT molecular complexity index is 758. The molecule has 1 unspecified atom stereocenters. The number of sulfonamides is 1. The van der Waals surface area contributed by atoms with Crippen LogP contribution in [0.2, 0.25) is 5.02 Å². The standard InChI is InChI=1S/C14H18ClN3O3S/c1-9-6-11(17-16-9)7-10(2)18-22(19,20)12-4-5-14(21-3)13(15)8-12/h4-6,8,10,18H,7H2,1-3H3,(H,16,17). The molecular formula is C14H18ClN3O3S. The van der Waals surface area contributed by atoms with Crippen LogP contribution in [0.4, 0.5) is 0 Å². The van der Waals surface area contributed by atoms with Gasteiger partial charge in [-0.1, -0.05) is 11.6 Å². The molecule has 22 heavy (non-hydrogen) atoms. The second-order valence-electron chi connectivity index (χ2n) is 5.07. The van der Waals surface area contributed by atoms with E-state index >= 15 is 0 Å². The van der Waals surface area contributed by atoms with Gasteiger partial charge >= 0.3 is 0 Å². The molecule has 0 aliphatic carbocycles. The van der Waals surface area contributed by atoms with Gasteiger partial charge in [-0.25, -0.2) is 13.1 Å². The quantitative estimate of drug-likeness (QED) is 0.842. The Balaban J connectivity index is 2.11. The zero-order valence-corrected chi connectivity index (χ0v) is 14.1. The monoisotopic (exact) mass is 343 g/mol. The molecule has 0 fully saturated rings. The van der Waals surface area contributed by atoms with E-state index in [2.05, 4.69) is 14.9 Å². The first-order valence-corrected chi connectivity index (χ1v) is 8.54. The summed E-state index contributed by atoms with van der Waals surface area (Å²) < 4.78 is 32.3. The summed E-state index contributed by atoms with van der Waals surface area (Å²) in [5.41, 5.74) is 1.74. The van der Waals surface area contributed by atoms with Crippen molar-refractivity contribution in [3.05, 3.63) is 40.7 Å². The molecule has 120 valence electrons. The number of aromatic nitrogens is 2. The van der Waals surface area contributed by atoms with Crippen LogP contribution in [0.5, 0.6) is 5.75 Å². The van der Waals surface area contributed by atoms with Crippen LogP contribution in [0.1, 0.15) is 18.3 Å². The van der Waals surface area contributed by atoms with Crippen LogP contribution in [0.25, 0.3) is 0 Å². The second-order valence-corrected chi connectivity index (χ2v) is 7.19. The fourth-order valence-electron chi connectivity index (χ4n) is 2.08. The molecule has 0 radical (unpaired) electrons. The molecule has 0 amide bonds. The number of rotatable bonds is 6. The number of methoxy groups -OCH3 is 1. The van der Waals surface area contributed by atoms with Gasteiger partial charge in [0.15, 0.2) is 0 Å². The minimum absolute atomic E-state index is 0.100. The second kappa shape index (κ2) is 6.68. The van der Waals surface area contributed by atoms with Crippen molar-refractivity contribution < 1.29 is 13.2 Å². The van der Waals surface area contributed by atoms with Crippen molar-refractivity contribution in [1.29, 1.82) is 0 Å². The van der Waals surface area contributed by atoms with E-state index in [9.17, 15) is 8.42 Å². The number of aryl methyl sites for hydroxylation is 1. The lowest BCUT2D eigenvalue weighted by atomic mass is 10.2. The number of hydrogen-bond acceptors (Lipinski definition) is 4. The molecule has 2 N–H and O–H groups in total. The molecule has 0 aliphatic heterocycles. The predicted molar refractivity (Wildman–Crippen MR) is 84.8 cm³/mol. The van der Waals surface area contributed by atoms with Crippen molar-refractivity contribution in [2.75, 3.05) is 7.11 Å². The van der Waals surface area contributed by atoms with E-state index in [4.69, 9.17) is 16.3 Å². The van der Waals surface area contributed by atoms with Gasteiger partial charge in [0.05, 0.1) is 22.7 Å². The van der Waals surface area contributed by atoms with Gasteiger partial charge in [-0.05, 0) is 38.1 Å². The number of benzene rings is 1. The highest BCUT2D eigenvalue weighted by Crippen LogP contribution is 2.26. The van der Waals surface area contributed by atoms with Gasteiger partial charge in [-0.2, -0.15) is 5.10 Å². The van der Waals surface area contributed by atoms with E-state index in [1.807, 2.05) is 13.0 Å². The third-order valence-electron chi connectivity index (χ3n) is 3.06. The number of nitrogens with zero attached hydrogens (tertiary/aromatic N) is 1. The summed E-state index contributed by atoms with van der Waals surface area (Å²) in [4.78, 5) is 0.100. The van der Waals surface area contributed by atoms with Crippen LogP contribution in [-0.2, 0) is 16.4 Å². The number of hydrogen-bond donors (Lipinski definition) is 2. The lowest BCUT2D eigenvalue weighted by molar-refractivity contribution is 0.414. The van der Waals surface area contributed by atoms with Gasteiger partial charge in [-0.15, -0.1) is 0 Å². The third-order valence-corrected chi connectivity index (χ3v) is 4.95. The van der Waals surface area contributed by atoms with Crippen molar-refractivity contribution in [2.24, 2.45) is 0 Å². The highest BCUT2D eigenvalue weighted by atomic mass is 35.5. The molecule has 0 aliphatic rings. The van der Waals surface area contributed by atoms with E-state index in [0.29, 0.717) is 12.2 Å². The Morgan fingerprint density at radius 2 is 2.14 bits per heavy atom. The number of aromatic amines is 1. The highest BCUT2D eigenvalue weighted by molar-refractivity contribution is 7.89. The fraction of sp³-hybridized carbons (Fsp3) is 0.357. The number of ether oxygens (including phenoxy) is 1. The number of H-pyrrole nitrogens is 1. The normalized spacial score (nSPS) is 13.1. The lowest BCUT2D eigenvalue weighted by Gasteiger charge is -2.14. The largest absolute Gasteiger partial charge is 0.495 e. The topological polar surface area (TPSA) is 84.1 Å². The van der Waals surface area contributed by atoms with Crippen molar-refractivity contribution in [3.63, 3.8) is 0 Å². The maximum Gasteiger partial charge on any atom is 0.240 e. The first-order valence-electron chi connectivity index (χ1n) is 6.68. The van der Waals surface area contributed by atoms with E-state index in [-0.39, 0.29) is 16.0 Å².